The fraction of sp³-hybridized carbons (Fsp3) is 0.375. The fourth-order valence-corrected chi connectivity index (χ4v) is 3.34. The third-order valence-corrected chi connectivity index (χ3v) is 4.63. The molecule has 0 bridgehead atoms. The van der Waals surface area contributed by atoms with Crippen LogP contribution in [0.2, 0.25) is 0 Å². The number of aryl methyl sites for hydroxylation is 4. The van der Waals surface area contributed by atoms with Crippen LogP contribution in [0.1, 0.15) is 34.8 Å². The van der Waals surface area contributed by atoms with Crippen molar-refractivity contribution < 1.29 is 4.79 Å². The summed E-state index contributed by atoms with van der Waals surface area (Å²) in [6.45, 7) is 7.86. The number of aromatic nitrogens is 4. The van der Waals surface area contributed by atoms with Crippen LogP contribution in [0.4, 0.5) is 5.13 Å². The van der Waals surface area contributed by atoms with Gasteiger partial charge in [-0.3, -0.25) is 4.79 Å². The highest BCUT2D eigenvalue weighted by atomic mass is 32.1. The van der Waals surface area contributed by atoms with E-state index in [1.165, 1.54) is 11.3 Å². The van der Waals surface area contributed by atoms with E-state index in [2.05, 4.69) is 20.4 Å². The zero-order chi connectivity index (χ0) is 16.6. The predicted octanol–water partition coefficient (Wildman–Crippen LogP) is 2.99. The summed E-state index contributed by atoms with van der Waals surface area (Å²) in [5.74, 6) is -0.0325. The molecule has 0 atom stereocenters. The predicted molar refractivity (Wildman–Crippen MR) is 91.0 cm³/mol. The van der Waals surface area contributed by atoms with Crippen LogP contribution >= 0.6 is 11.3 Å². The third-order valence-electron chi connectivity index (χ3n) is 3.75. The van der Waals surface area contributed by atoms with Gasteiger partial charge in [0.25, 0.3) is 0 Å². The second kappa shape index (κ2) is 6.08. The molecular weight excluding hydrogens is 310 g/mol. The minimum atomic E-state index is -0.0325. The van der Waals surface area contributed by atoms with E-state index in [0.717, 1.165) is 34.0 Å². The zero-order valence-electron chi connectivity index (χ0n) is 13.7. The van der Waals surface area contributed by atoms with Gasteiger partial charge in [-0.25, -0.2) is 14.5 Å². The normalized spacial score (nSPS) is 11.1. The minimum Gasteiger partial charge on any atom is -0.302 e. The summed E-state index contributed by atoms with van der Waals surface area (Å²) in [5, 5.41) is 9.86. The van der Waals surface area contributed by atoms with Crippen molar-refractivity contribution >= 4 is 28.0 Å². The van der Waals surface area contributed by atoms with Gasteiger partial charge in [-0.15, -0.1) is 11.3 Å². The Morgan fingerprint density at radius 2 is 2.00 bits per heavy atom. The molecule has 23 heavy (non-hydrogen) atoms. The second-order valence-corrected chi connectivity index (χ2v) is 6.52. The van der Waals surface area contributed by atoms with Crippen LogP contribution in [0.15, 0.2) is 11.4 Å². The number of rotatable bonds is 4. The topological polar surface area (TPSA) is 72.2 Å². The second-order valence-electron chi connectivity index (χ2n) is 5.66. The Hall–Kier alpha value is -2.28. The first-order chi connectivity index (χ1) is 10.9. The number of thiazole rings is 1. The van der Waals surface area contributed by atoms with Crippen molar-refractivity contribution in [2.45, 2.75) is 40.5 Å². The third kappa shape index (κ3) is 3.24. The summed E-state index contributed by atoms with van der Waals surface area (Å²) in [7, 11) is 0. The van der Waals surface area contributed by atoms with Crippen LogP contribution in [-0.4, -0.2) is 25.5 Å². The average Bonchev–Trinajstić information content (AvgIpc) is 3.04. The molecule has 3 aromatic heterocycles. The van der Waals surface area contributed by atoms with Gasteiger partial charge < -0.3 is 5.32 Å². The molecule has 0 unspecified atom stereocenters. The maximum atomic E-state index is 12.1. The van der Waals surface area contributed by atoms with E-state index in [4.69, 9.17) is 0 Å². The molecule has 6 nitrogen and oxygen atoms in total. The summed E-state index contributed by atoms with van der Waals surface area (Å²) >= 11 is 1.44. The molecule has 0 fully saturated rings. The molecule has 3 heterocycles. The molecule has 0 spiro atoms. The van der Waals surface area contributed by atoms with Gasteiger partial charge in [0.05, 0.1) is 11.4 Å². The summed E-state index contributed by atoms with van der Waals surface area (Å²) in [5.41, 5.74) is 5.77. The maximum absolute atomic E-state index is 12.1. The number of amides is 1. The van der Waals surface area contributed by atoms with Gasteiger partial charge in [-0.2, -0.15) is 5.10 Å². The molecule has 3 rings (SSSR count). The van der Waals surface area contributed by atoms with E-state index >= 15 is 0 Å². The number of hydrogen-bond acceptors (Lipinski definition) is 5. The Morgan fingerprint density at radius 3 is 2.70 bits per heavy atom. The highest BCUT2D eigenvalue weighted by Gasteiger charge is 2.13. The van der Waals surface area contributed by atoms with Crippen molar-refractivity contribution in [1.29, 1.82) is 0 Å². The van der Waals surface area contributed by atoms with Crippen LogP contribution in [-0.2, 0) is 11.2 Å². The van der Waals surface area contributed by atoms with Crippen molar-refractivity contribution in [2.75, 3.05) is 5.32 Å². The Morgan fingerprint density at radius 1 is 1.22 bits per heavy atom. The van der Waals surface area contributed by atoms with Crippen molar-refractivity contribution in [3.05, 3.63) is 39.8 Å². The summed E-state index contributed by atoms with van der Waals surface area (Å²) < 4.78 is 1.85. The van der Waals surface area contributed by atoms with Gasteiger partial charge in [0.2, 0.25) is 5.91 Å². The number of anilines is 1. The lowest BCUT2D eigenvalue weighted by atomic mass is 10.1. The fourth-order valence-electron chi connectivity index (χ4n) is 2.63. The van der Waals surface area contributed by atoms with Gasteiger partial charge in [-0.05, 0) is 39.7 Å². The van der Waals surface area contributed by atoms with Crippen molar-refractivity contribution in [3.8, 4) is 0 Å². The monoisotopic (exact) mass is 329 g/mol. The molecule has 0 radical (unpaired) electrons. The molecule has 1 amide bonds. The lowest BCUT2D eigenvalue weighted by molar-refractivity contribution is -0.116. The Labute approximate surface area is 138 Å². The zero-order valence-corrected chi connectivity index (χ0v) is 14.5. The average molecular weight is 329 g/mol. The van der Waals surface area contributed by atoms with E-state index in [9.17, 15) is 4.79 Å². The van der Waals surface area contributed by atoms with Gasteiger partial charge in [-0.1, -0.05) is 0 Å². The van der Waals surface area contributed by atoms with Gasteiger partial charge in [0.1, 0.15) is 0 Å². The number of nitrogens with one attached hydrogen (secondary N) is 1. The first-order valence-corrected chi connectivity index (χ1v) is 8.36. The van der Waals surface area contributed by atoms with Crippen molar-refractivity contribution in [1.82, 2.24) is 19.6 Å². The minimum absolute atomic E-state index is 0.0325. The number of carbonyl (C=O) groups is 1. The molecule has 0 aliphatic rings. The van der Waals surface area contributed by atoms with Crippen LogP contribution in [0.5, 0.6) is 0 Å². The summed E-state index contributed by atoms with van der Waals surface area (Å²) in [6, 6.07) is 1.96. The Bertz CT molecular complexity index is 880. The highest BCUT2D eigenvalue weighted by Crippen LogP contribution is 2.18. The summed E-state index contributed by atoms with van der Waals surface area (Å²) in [4.78, 5) is 20.9. The number of hydrogen-bond donors (Lipinski definition) is 1. The molecule has 0 aliphatic carbocycles. The molecule has 7 heteroatoms. The smallest absolute Gasteiger partial charge is 0.226 e. The van der Waals surface area contributed by atoms with E-state index in [1.807, 2.05) is 43.7 Å². The molecule has 0 aliphatic heterocycles. The molecule has 0 aromatic carbocycles. The Kier molecular flexibility index (Phi) is 4.12. The van der Waals surface area contributed by atoms with Gasteiger partial charge in [0, 0.05) is 29.3 Å². The lowest BCUT2D eigenvalue weighted by Gasteiger charge is -2.10. The molecule has 3 aromatic rings. The Balaban J connectivity index is 1.75. The molecule has 0 saturated carbocycles. The first-order valence-electron chi connectivity index (χ1n) is 7.48. The van der Waals surface area contributed by atoms with Crippen LogP contribution in [0.25, 0.3) is 5.65 Å². The highest BCUT2D eigenvalue weighted by molar-refractivity contribution is 7.13. The quantitative estimate of drug-likeness (QED) is 0.798. The van der Waals surface area contributed by atoms with Crippen molar-refractivity contribution in [3.63, 3.8) is 0 Å². The first kappa shape index (κ1) is 15.6. The number of fused-ring (bicyclic) bond motifs is 1. The number of carbonyl (C=O) groups excluding carboxylic acids is 1. The largest absolute Gasteiger partial charge is 0.302 e. The lowest BCUT2D eigenvalue weighted by Crippen LogP contribution is -2.14. The van der Waals surface area contributed by atoms with E-state index in [1.54, 1.807) is 0 Å². The standard InChI is InChI=1S/C16H19N5OS/c1-9-7-14-18-11(3)13(12(4)21(14)20-9)5-6-15(22)19-16-17-10(2)8-23-16/h7-8H,5-6H2,1-4H3,(H,17,19,22). The molecule has 0 saturated heterocycles. The van der Waals surface area contributed by atoms with E-state index in [0.29, 0.717) is 18.0 Å². The molecule has 120 valence electrons. The van der Waals surface area contributed by atoms with Crippen LogP contribution < -0.4 is 5.32 Å². The van der Waals surface area contributed by atoms with Gasteiger partial charge in [0.15, 0.2) is 10.8 Å². The maximum Gasteiger partial charge on any atom is 0.226 e. The van der Waals surface area contributed by atoms with E-state index < -0.39 is 0 Å². The number of nitrogens with zero attached hydrogens (tertiary/aromatic N) is 4. The van der Waals surface area contributed by atoms with Crippen molar-refractivity contribution in [2.24, 2.45) is 0 Å². The van der Waals surface area contributed by atoms with Gasteiger partial charge >= 0.3 is 0 Å². The SMILES string of the molecule is Cc1csc(NC(=O)CCc2c(C)nc3cc(C)nn3c2C)n1. The molecular formula is C16H19N5OS. The van der Waals surface area contributed by atoms with E-state index in [-0.39, 0.29) is 5.91 Å². The molecule has 1 N–H and O–H groups in total. The van der Waals surface area contributed by atoms with Crippen LogP contribution in [0.3, 0.4) is 0 Å². The summed E-state index contributed by atoms with van der Waals surface area (Å²) in [6.07, 6.45) is 1.03. The van der Waals surface area contributed by atoms with Crippen LogP contribution in [0, 0.1) is 27.7 Å².